The van der Waals surface area contributed by atoms with E-state index in [9.17, 15) is 14.4 Å². The van der Waals surface area contributed by atoms with E-state index in [1.165, 1.54) is 11.1 Å². The predicted molar refractivity (Wildman–Crippen MR) is 96.3 cm³/mol. The monoisotopic (exact) mass is 369 g/mol. The standard InChI is InChI=1S/C20H19NO6/c22-18(23)9-8-17(19(24)25)21-20(26)27-11-13-5-3-7-15-14-6-2-1-4-12(14)10-16(13)15/h1-7,17H,8-11H2,(H,21,26)(H,22,23)(H,24,25). The van der Waals surface area contributed by atoms with Crippen molar-refractivity contribution in [3.05, 3.63) is 59.2 Å². The molecule has 3 rings (SSSR count). The van der Waals surface area contributed by atoms with Gasteiger partial charge in [-0.3, -0.25) is 4.79 Å². The number of carbonyl (C=O) groups is 3. The van der Waals surface area contributed by atoms with Crippen LogP contribution in [0, 0.1) is 0 Å². The molecule has 3 N–H and O–H groups in total. The van der Waals surface area contributed by atoms with E-state index in [1.807, 2.05) is 30.3 Å². The molecule has 1 amide bonds. The van der Waals surface area contributed by atoms with Crippen molar-refractivity contribution in [3.63, 3.8) is 0 Å². The quantitative estimate of drug-likeness (QED) is 0.590. The summed E-state index contributed by atoms with van der Waals surface area (Å²) in [5.74, 6) is -2.43. The van der Waals surface area contributed by atoms with Crippen LogP contribution in [0.25, 0.3) is 11.1 Å². The third kappa shape index (κ3) is 4.25. The second kappa shape index (κ2) is 7.90. The molecule has 0 aliphatic heterocycles. The summed E-state index contributed by atoms with van der Waals surface area (Å²) >= 11 is 0. The van der Waals surface area contributed by atoms with E-state index in [4.69, 9.17) is 14.9 Å². The van der Waals surface area contributed by atoms with Crippen LogP contribution in [0.1, 0.15) is 29.5 Å². The molecule has 0 heterocycles. The van der Waals surface area contributed by atoms with Crippen LogP contribution in [0.2, 0.25) is 0 Å². The molecule has 0 fully saturated rings. The number of hydrogen-bond acceptors (Lipinski definition) is 4. The highest BCUT2D eigenvalue weighted by molar-refractivity contribution is 5.81. The first-order chi connectivity index (χ1) is 13.0. The lowest BCUT2D eigenvalue weighted by atomic mass is 10.0. The molecule has 1 aliphatic carbocycles. The van der Waals surface area contributed by atoms with Gasteiger partial charge in [0.2, 0.25) is 0 Å². The minimum absolute atomic E-state index is 0.00820. The molecule has 7 heteroatoms. The van der Waals surface area contributed by atoms with E-state index >= 15 is 0 Å². The minimum atomic E-state index is -1.31. The molecule has 0 spiro atoms. The van der Waals surface area contributed by atoms with Crippen molar-refractivity contribution >= 4 is 18.0 Å². The van der Waals surface area contributed by atoms with Gasteiger partial charge in [0.15, 0.2) is 0 Å². The summed E-state index contributed by atoms with van der Waals surface area (Å²) in [6.45, 7) is 0.00820. The van der Waals surface area contributed by atoms with E-state index < -0.39 is 24.1 Å². The van der Waals surface area contributed by atoms with E-state index in [0.717, 1.165) is 23.1 Å². The molecule has 0 radical (unpaired) electrons. The summed E-state index contributed by atoms with van der Waals surface area (Å²) < 4.78 is 5.18. The highest BCUT2D eigenvalue weighted by atomic mass is 16.5. The predicted octanol–water partition coefficient (Wildman–Crippen LogP) is 2.80. The second-order valence-electron chi connectivity index (χ2n) is 6.32. The largest absolute Gasteiger partial charge is 0.481 e. The normalized spacial score (nSPS) is 12.6. The fraction of sp³-hybridized carbons (Fsp3) is 0.250. The lowest BCUT2D eigenvalue weighted by Gasteiger charge is -2.14. The molecule has 1 atom stereocenters. The molecule has 27 heavy (non-hydrogen) atoms. The topological polar surface area (TPSA) is 113 Å². The van der Waals surface area contributed by atoms with Crippen molar-refractivity contribution in [1.29, 1.82) is 0 Å². The van der Waals surface area contributed by atoms with Crippen molar-refractivity contribution in [1.82, 2.24) is 5.32 Å². The third-order valence-electron chi connectivity index (χ3n) is 4.54. The van der Waals surface area contributed by atoms with Crippen LogP contribution in [-0.2, 0) is 27.4 Å². The summed E-state index contributed by atoms with van der Waals surface area (Å²) in [6, 6.07) is 12.6. The molecule has 1 aliphatic rings. The van der Waals surface area contributed by atoms with Crippen LogP contribution in [0.3, 0.4) is 0 Å². The number of nitrogens with one attached hydrogen (secondary N) is 1. The lowest BCUT2D eigenvalue weighted by molar-refractivity contribution is -0.140. The molecule has 2 aromatic carbocycles. The lowest BCUT2D eigenvalue weighted by Crippen LogP contribution is -2.41. The summed E-state index contributed by atoms with van der Waals surface area (Å²) in [7, 11) is 0. The molecule has 0 saturated carbocycles. The first-order valence-electron chi connectivity index (χ1n) is 8.52. The van der Waals surface area contributed by atoms with Crippen LogP contribution in [0.5, 0.6) is 0 Å². The highest BCUT2D eigenvalue weighted by Crippen LogP contribution is 2.38. The molecule has 0 saturated heterocycles. The van der Waals surface area contributed by atoms with Gasteiger partial charge in [-0.1, -0.05) is 42.5 Å². The van der Waals surface area contributed by atoms with Gasteiger partial charge < -0.3 is 20.3 Å². The van der Waals surface area contributed by atoms with E-state index in [-0.39, 0.29) is 19.4 Å². The average molecular weight is 369 g/mol. The molecule has 0 bridgehead atoms. The van der Waals surface area contributed by atoms with Crippen molar-refractivity contribution in [2.75, 3.05) is 0 Å². The third-order valence-corrected chi connectivity index (χ3v) is 4.54. The summed E-state index contributed by atoms with van der Waals surface area (Å²) in [6.07, 6.45) is -0.707. The number of carboxylic acid groups (broad SMARTS) is 2. The number of aliphatic carboxylic acids is 2. The zero-order valence-electron chi connectivity index (χ0n) is 14.5. The Bertz CT molecular complexity index is 892. The van der Waals surface area contributed by atoms with Gasteiger partial charge in [0.25, 0.3) is 0 Å². The zero-order valence-corrected chi connectivity index (χ0v) is 14.5. The maximum atomic E-state index is 12.0. The van der Waals surface area contributed by atoms with E-state index in [0.29, 0.717) is 0 Å². The molecular weight excluding hydrogens is 350 g/mol. The van der Waals surface area contributed by atoms with Gasteiger partial charge in [0.1, 0.15) is 12.6 Å². The smallest absolute Gasteiger partial charge is 0.408 e. The van der Waals surface area contributed by atoms with Crippen molar-refractivity contribution in [2.24, 2.45) is 0 Å². The molecular formula is C20H19NO6. The number of ether oxygens (including phenoxy) is 1. The number of hydrogen-bond donors (Lipinski definition) is 3. The molecule has 2 aromatic rings. The van der Waals surface area contributed by atoms with Gasteiger partial charge in [-0.2, -0.15) is 0 Å². The Hall–Kier alpha value is -3.35. The number of alkyl carbamates (subject to hydrolysis) is 1. The first kappa shape index (κ1) is 18.4. The summed E-state index contributed by atoms with van der Waals surface area (Å²) in [4.78, 5) is 33.7. The van der Waals surface area contributed by atoms with Crippen molar-refractivity contribution in [2.45, 2.75) is 31.9 Å². The fourth-order valence-corrected chi connectivity index (χ4v) is 3.21. The molecule has 140 valence electrons. The SMILES string of the molecule is O=C(O)CCC(NC(=O)OCc1cccc2c1Cc1ccccc1-2)C(=O)O. The summed E-state index contributed by atoms with van der Waals surface area (Å²) in [5, 5.41) is 19.9. The summed E-state index contributed by atoms with van der Waals surface area (Å²) in [5.41, 5.74) is 5.43. The van der Waals surface area contributed by atoms with E-state index in [1.54, 1.807) is 0 Å². The van der Waals surface area contributed by atoms with Gasteiger partial charge in [-0.15, -0.1) is 0 Å². The van der Waals surface area contributed by atoms with Gasteiger partial charge in [0.05, 0.1) is 0 Å². The number of rotatable bonds is 7. The van der Waals surface area contributed by atoms with Crippen LogP contribution in [0.15, 0.2) is 42.5 Å². The number of fused-ring (bicyclic) bond motifs is 3. The Morgan fingerprint density at radius 3 is 2.52 bits per heavy atom. The van der Waals surface area contributed by atoms with Crippen LogP contribution in [0.4, 0.5) is 4.79 Å². The van der Waals surface area contributed by atoms with Gasteiger partial charge >= 0.3 is 18.0 Å². The first-order valence-corrected chi connectivity index (χ1v) is 8.52. The highest BCUT2D eigenvalue weighted by Gasteiger charge is 2.23. The Balaban J connectivity index is 1.63. The maximum Gasteiger partial charge on any atom is 0.408 e. The Morgan fingerprint density at radius 2 is 1.78 bits per heavy atom. The molecule has 1 unspecified atom stereocenters. The van der Waals surface area contributed by atoms with Crippen LogP contribution >= 0.6 is 0 Å². The van der Waals surface area contributed by atoms with E-state index in [2.05, 4.69) is 17.4 Å². The Kier molecular flexibility index (Phi) is 5.40. The average Bonchev–Trinajstić information content (AvgIpc) is 3.02. The molecule has 7 nitrogen and oxygen atoms in total. The Labute approximate surface area is 155 Å². The zero-order chi connectivity index (χ0) is 19.4. The van der Waals surface area contributed by atoms with Crippen molar-refractivity contribution < 1.29 is 29.3 Å². The number of amides is 1. The number of carboxylic acids is 2. The molecule has 0 aromatic heterocycles. The van der Waals surface area contributed by atoms with Crippen LogP contribution in [-0.4, -0.2) is 34.3 Å². The van der Waals surface area contributed by atoms with Gasteiger partial charge in [-0.25, -0.2) is 9.59 Å². The van der Waals surface area contributed by atoms with Crippen LogP contribution < -0.4 is 5.32 Å². The van der Waals surface area contributed by atoms with Crippen molar-refractivity contribution in [3.8, 4) is 11.1 Å². The maximum absolute atomic E-state index is 12.0. The minimum Gasteiger partial charge on any atom is -0.481 e. The number of benzene rings is 2. The van der Waals surface area contributed by atoms with Gasteiger partial charge in [-0.05, 0) is 40.7 Å². The number of carbonyl (C=O) groups excluding carboxylic acids is 1. The second-order valence-corrected chi connectivity index (χ2v) is 6.32. The van der Waals surface area contributed by atoms with Gasteiger partial charge in [0, 0.05) is 6.42 Å². The Morgan fingerprint density at radius 1 is 1.04 bits per heavy atom. The fourth-order valence-electron chi connectivity index (χ4n) is 3.21.